The van der Waals surface area contributed by atoms with Crippen LogP contribution in [-0.4, -0.2) is 12.1 Å². The van der Waals surface area contributed by atoms with Crippen LogP contribution in [0.2, 0.25) is 0 Å². The molecule has 4 atom stereocenters. The number of hydrogen-bond donors (Lipinski definition) is 0. The minimum Gasteiger partial charge on any atom is -0.462 e. The van der Waals surface area contributed by atoms with E-state index in [1.54, 1.807) is 0 Å². The molecular weight excluding hydrogens is 176 g/mol. The highest BCUT2D eigenvalue weighted by molar-refractivity contribution is 5.66. The number of carbonyl (C=O) groups is 1. The smallest absolute Gasteiger partial charge is 0.302 e. The van der Waals surface area contributed by atoms with E-state index in [4.69, 9.17) is 4.74 Å². The topological polar surface area (TPSA) is 26.3 Å². The molecule has 0 aromatic heterocycles. The van der Waals surface area contributed by atoms with Gasteiger partial charge in [-0.1, -0.05) is 13.3 Å². The molecule has 2 saturated carbocycles. The van der Waals surface area contributed by atoms with Crippen molar-refractivity contribution in [3.63, 3.8) is 0 Å². The van der Waals surface area contributed by atoms with Crippen molar-refractivity contribution in [1.82, 2.24) is 0 Å². The van der Waals surface area contributed by atoms with Gasteiger partial charge in [0.25, 0.3) is 0 Å². The molecule has 2 bridgehead atoms. The Hall–Kier alpha value is -0.530. The van der Waals surface area contributed by atoms with Crippen LogP contribution in [0.15, 0.2) is 0 Å². The second-order valence-electron chi connectivity index (χ2n) is 5.04. The van der Waals surface area contributed by atoms with Crippen molar-refractivity contribution in [2.45, 2.75) is 52.1 Å². The third-order valence-corrected chi connectivity index (χ3v) is 4.07. The van der Waals surface area contributed by atoms with E-state index in [9.17, 15) is 4.79 Å². The Labute approximate surface area is 86.0 Å². The first-order valence-corrected chi connectivity index (χ1v) is 5.84. The predicted molar refractivity (Wildman–Crippen MR) is 54.8 cm³/mol. The molecule has 2 fully saturated rings. The van der Waals surface area contributed by atoms with Crippen molar-refractivity contribution in [3.8, 4) is 0 Å². The van der Waals surface area contributed by atoms with Gasteiger partial charge in [0.1, 0.15) is 6.10 Å². The summed E-state index contributed by atoms with van der Waals surface area (Å²) in [6.07, 6.45) is 6.47. The SMILES string of the molecule is CC(=O)O[C@H]1CC[C@@H]2C[C@H]1CC[C@@H]2C. The molecule has 2 rings (SSSR count). The van der Waals surface area contributed by atoms with Crippen LogP contribution < -0.4 is 0 Å². The van der Waals surface area contributed by atoms with E-state index in [2.05, 4.69) is 6.92 Å². The van der Waals surface area contributed by atoms with Crippen molar-refractivity contribution in [2.24, 2.45) is 17.8 Å². The number of esters is 1. The average Bonchev–Trinajstić information content (AvgIpc) is 2.14. The molecule has 0 radical (unpaired) electrons. The van der Waals surface area contributed by atoms with Gasteiger partial charge in [-0.05, 0) is 43.4 Å². The Morgan fingerprint density at radius 2 is 1.86 bits per heavy atom. The monoisotopic (exact) mass is 196 g/mol. The largest absolute Gasteiger partial charge is 0.462 e. The summed E-state index contributed by atoms with van der Waals surface area (Å²) in [6, 6.07) is 0. The van der Waals surface area contributed by atoms with Gasteiger partial charge < -0.3 is 4.74 Å². The summed E-state index contributed by atoms with van der Waals surface area (Å²) in [5.74, 6) is 2.35. The first-order chi connectivity index (χ1) is 6.66. The maximum absolute atomic E-state index is 10.9. The van der Waals surface area contributed by atoms with Crippen molar-refractivity contribution in [2.75, 3.05) is 0 Å². The minimum atomic E-state index is -0.105. The van der Waals surface area contributed by atoms with E-state index in [0.29, 0.717) is 5.92 Å². The number of carbonyl (C=O) groups excluding carboxylic acids is 1. The summed E-state index contributed by atoms with van der Waals surface area (Å²) in [4.78, 5) is 10.9. The van der Waals surface area contributed by atoms with E-state index >= 15 is 0 Å². The first-order valence-electron chi connectivity index (χ1n) is 5.84. The van der Waals surface area contributed by atoms with Crippen LogP contribution in [0.3, 0.4) is 0 Å². The molecule has 0 aromatic rings. The molecule has 0 heterocycles. The Bertz CT molecular complexity index is 224. The van der Waals surface area contributed by atoms with Crippen LogP contribution >= 0.6 is 0 Å². The third-order valence-electron chi connectivity index (χ3n) is 4.07. The molecule has 2 heteroatoms. The van der Waals surface area contributed by atoms with Gasteiger partial charge in [0.05, 0.1) is 0 Å². The molecule has 2 nitrogen and oxygen atoms in total. The van der Waals surface area contributed by atoms with Crippen molar-refractivity contribution < 1.29 is 9.53 Å². The second kappa shape index (κ2) is 3.92. The summed E-state index contributed by atoms with van der Waals surface area (Å²) < 4.78 is 5.37. The van der Waals surface area contributed by atoms with Gasteiger partial charge in [-0.2, -0.15) is 0 Å². The van der Waals surface area contributed by atoms with Gasteiger partial charge in [-0.25, -0.2) is 0 Å². The number of rotatable bonds is 1. The lowest BCUT2D eigenvalue weighted by molar-refractivity contribution is -0.153. The third kappa shape index (κ3) is 1.94. The van der Waals surface area contributed by atoms with E-state index < -0.39 is 0 Å². The van der Waals surface area contributed by atoms with E-state index in [1.165, 1.54) is 32.6 Å². The molecule has 0 aliphatic heterocycles. The maximum Gasteiger partial charge on any atom is 0.302 e. The standard InChI is InChI=1S/C12H20O2/c1-8-3-4-11-7-10(8)5-6-12(11)14-9(2)13/h8,10-12H,3-7H2,1-2H3/t8-,10+,11+,12-/m0/s1. The molecule has 0 amide bonds. The quantitative estimate of drug-likeness (QED) is 0.603. The summed E-state index contributed by atoms with van der Waals surface area (Å²) in [5, 5.41) is 0. The van der Waals surface area contributed by atoms with Crippen LogP contribution in [0.5, 0.6) is 0 Å². The van der Waals surface area contributed by atoms with Crippen LogP contribution in [0.1, 0.15) is 46.0 Å². The summed E-state index contributed by atoms with van der Waals surface area (Å²) in [5.41, 5.74) is 0. The zero-order valence-corrected chi connectivity index (χ0v) is 9.16. The van der Waals surface area contributed by atoms with Crippen LogP contribution in [0, 0.1) is 17.8 Å². The van der Waals surface area contributed by atoms with E-state index in [0.717, 1.165) is 18.3 Å². The average molecular weight is 196 g/mol. The molecule has 0 unspecified atom stereocenters. The number of ether oxygens (including phenoxy) is 1. The minimum absolute atomic E-state index is 0.105. The fourth-order valence-corrected chi connectivity index (χ4v) is 3.17. The predicted octanol–water partition coefficient (Wildman–Crippen LogP) is 2.76. The van der Waals surface area contributed by atoms with Gasteiger partial charge >= 0.3 is 5.97 Å². The Morgan fingerprint density at radius 3 is 2.57 bits per heavy atom. The lowest BCUT2D eigenvalue weighted by Gasteiger charge is -2.42. The Morgan fingerprint density at radius 1 is 1.14 bits per heavy atom. The van der Waals surface area contributed by atoms with Gasteiger partial charge in [0.2, 0.25) is 0 Å². The highest BCUT2D eigenvalue weighted by Gasteiger charge is 2.38. The van der Waals surface area contributed by atoms with E-state index in [1.807, 2.05) is 0 Å². The Balaban J connectivity index is 1.95. The zero-order valence-electron chi connectivity index (χ0n) is 9.16. The van der Waals surface area contributed by atoms with Crippen molar-refractivity contribution in [3.05, 3.63) is 0 Å². The van der Waals surface area contributed by atoms with Gasteiger partial charge in [0, 0.05) is 6.92 Å². The van der Waals surface area contributed by atoms with Gasteiger partial charge in [-0.3, -0.25) is 4.79 Å². The summed E-state index contributed by atoms with van der Waals surface area (Å²) >= 11 is 0. The molecule has 0 spiro atoms. The maximum atomic E-state index is 10.9. The summed E-state index contributed by atoms with van der Waals surface area (Å²) in [7, 11) is 0. The van der Waals surface area contributed by atoms with Crippen molar-refractivity contribution in [1.29, 1.82) is 0 Å². The second-order valence-corrected chi connectivity index (χ2v) is 5.04. The number of fused-ring (bicyclic) bond motifs is 2. The fraction of sp³-hybridized carbons (Fsp3) is 0.917. The fourth-order valence-electron chi connectivity index (χ4n) is 3.17. The lowest BCUT2D eigenvalue weighted by atomic mass is 9.66. The molecule has 80 valence electrons. The molecular formula is C12H20O2. The molecule has 0 aromatic carbocycles. The van der Waals surface area contributed by atoms with Crippen LogP contribution in [0.25, 0.3) is 0 Å². The molecule has 0 saturated heterocycles. The molecule has 2 aliphatic rings. The lowest BCUT2D eigenvalue weighted by Crippen LogP contribution is -2.38. The van der Waals surface area contributed by atoms with E-state index in [-0.39, 0.29) is 12.1 Å². The number of hydrogen-bond acceptors (Lipinski definition) is 2. The zero-order chi connectivity index (χ0) is 10.1. The normalized spacial score (nSPS) is 41.9. The van der Waals surface area contributed by atoms with Crippen molar-refractivity contribution >= 4 is 5.97 Å². The molecule has 14 heavy (non-hydrogen) atoms. The highest BCUT2D eigenvalue weighted by Crippen LogP contribution is 2.44. The van der Waals surface area contributed by atoms with Gasteiger partial charge in [0.15, 0.2) is 0 Å². The highest BCUT2D eigenvalue weighted by atomic mass is 16.5. The molecule has 0 N–H and O–H groups in total. The molecule has 2 aliphatic carbocycles. The van der Waals surface area contributed by atoms with Gasteiger partial charge in [-0.15, -0.1) is 0 Å². The Kier molecular flexibility index (Phi) is 2.80. The summed E-state index contributed by atoms with van der Waals surface area (Å²) in [6.45, 7) is 3.89. The van der Waals surface area contributed by atoms with Crippen LogP contribution in [0.4, 0.5) is 0 Å². The first kappa shape index (κ1) is 10.0. The van der Waals surface area contributed by atoms with Crippen LogP contribution in [-0.2, 0) is 9.53 Å².